The number of anilines is 1. The molecule has 102 valence electrons. The van der Waals surface area contributed by atoms with E-state index in [1.165, 1.54) is 30.3 Å². The van der Waals surface area contributed by atoms with Crippen molar-refractivity contribution < 1.29 is 19.1 Å². The maximum absolute atomic E-state index is 12.8. The molecular formula is C14H9ClFNO3. The molecule has 6 heteroatoms. The molecule has 20 heavy (non-hydrogen) atoms. The van der Waals surface area contributed by atoms with E-state index in [-0.39, 0.29) is 21.8 Å². The summed E-state index contributed by atoms with van der Waals surface area (Å²) in [6.07, 6.45) is 0. The largest absolute Gasteiger partial charge is 0.478 e. The predicted octanol–water partition coefficient (Wildman–Crippen LogP) is 3.43. The highest BCUT2D eigenvalue weighted by molar-refractivity contribution is 6.31. The number of halogens is 2. The van der Waals surface area contributed by atoms with E-state index in [1.54, 1.807) is 0 Å². The predicted molar refractivity (Wildman–Crippen MR) is 72.8 cm³/mol. The van der Waals surface area contributed by atoms with Crippen LogP contribution in [0.15, 0.2) is 42.5 Å². The lowest BCUT2D eigenvalue weighted by Gasteiger charge is -2.07. The van der Waals surface area contributed by atoms with Crippen LogP contribution < -0.4 is 5.32 Å². The molecule has 0 bridgehead atoms. The molecule has 0 radical (unpaired) electrons. The third-order valence-electron chi connectivity index (χ3n) is 2.51. The zero-order valence-corrected chi connectivity index (χ0v) is 10.8. The third-order valence-corrected chi connectivity index (χ3v) is 2.73. The van der Waals surface area contributed by atoms with Crippen molar-refractivity contribution in [1.29, 1.82) is 0 Å². The molecule has 0 atom stereocenters. The Hall–Kier alpha value is -2.40. The molecule has 2 aromatic carbocycles. The van der Waals surface area contributed by atoms with E-state index in [2.05, 4.69) is 5.32 Å². The molecule has 0 unspecified atom stereocenters. The first kappa shape index (κ1) is 14.0. The fraction of sp³-hybridized carbons (Fsp3) is 0. The first-order chi connectivity index (χ1) is 9.45. The number of nitrogens with one attached hydrogen (secondary N) is 1. The second-order valence-corrected chi connectivity index (χ2v) is 4.43. The lowest BCUT2D eigenvalue weighted by atomic mass is 10.1. The van der Waals surface area contributed by atoms with E-state index in [9.17, 15) is 14.0 Å². The SMILES string of the molecule is O=C(O)c1cc(Cl)cc(NC(=O)c2ccc(F)cc2)c1. The van der Waals surface area contributed by atoms with Gasteiger partial charge in [0.15, 0.2) is 0 Å². The van der Waals surface area contributed by atoms with Gasteiger partial charge in [-0.3, -0.25) is 4.79 Å². The van der Waals surface area contributed by atoms with Crippen molar-refractivity contribution in [3.05, 3.63) is 64.4 Å². The second-order valence-electron chi connectivity index (χ2n) is 3.99. The van der Waals surface area contributed by atoms with Gasteiger partial charge in [0.05, 0.1) is 5.56 Å². The number of rotatable bonds is 3. The Bertz CT molecular complexity index is 671. The number of hydrogen-bond acceptors (Lipinski definition) is 2. The normalized spacial score (nSPS) is 10.1. The van der Waals surface area contributed by atoms with E-state index in [4.69, 9.17) is 16.7 Å². The topological polar surface area (TPSA) is 66.4 Å². The Kier molecular flexibility index (Phi) is 4.00. The van der Waals surface area contributed by atoms with Crippen LogP contribution in [0.5, 0.6) is 0 Å². The summed E-state index contributed by atoms with van der Waals surface area (Å²) in [4.78, 5) is 22.8. The Morgan fingerprint density at radius 3 is 2.30 bits per heavy atom. The van der Waals surface area contributed by atoms with Gasteiger partial charge < -0.3 is 10.4 Å². The van der Waals surface area contributed by atoms with Crippen LogP contribution in [-0.2, 0) is 0 Å². The van der Waals surface area contributed by atoms with Gasteiger partial charge in [-0.15, -0.1) is 0 Å². The average molecular weight is 294 g/mol. The summed E-state index contributed by atoms with van der Waals surface area (Å²) in [6, 6.07) is 8.97. The lowest BCUT2D eigenvalue weighted by molar-refractivity contribution is 0.0696. The summed E-state index contributed by atoms with van der Waals surface area (Å²) in [6.45, 7) is 0. The fourth-order valence-corrected chi connectivity index (χ4v) is 1.82. The summed E-state index contributed by atoms with van der Waals surface area (Å²) in [5.74, 6) is -2.08. The van der Waals surface area contributed by atoms with Gasteiger partial charge in [0.25, 0.3) is 5.91 Å². The van der Waals surface area contributed by atoms with Gasteiger partial charge in [0.2, 0.25) is 0 Å². The van der Waals surface area contributed by atoms with Crippen molar-refractivity contribution in [2.75, 3.05) is 5.32 Å². The second kappa shape index (κ2) is 5.71. The molecule has 1 amide bonds. The number of carboxylic acid groups (broad SMARTS) is 1. The van der Waals surface area contributed by atoms with E-state index in [0.29, 0.717) is 0 Å². The number of carbonyl (C=O) groups is 2. The average Bonchev–Trinajstić information content (AvgIpc) is 2.38. The zero-order chi connectivity index (χ0) is 14.7. The molecule has 0 saturated heterocycles. The van der Waals surface area contributed by atoms with Gasteiger partial charge in [-0.25, -0.2) is 9.18 Å². The molecule has 0 fully saturated rings. The number of carbonyl (C=O) groups excluding carboxylic acids is 1. The third kappa shape index (κ3) is 3.33. The van der Waals surface area contributed by atoms with Crippen molar-refractivity contribution >= 4 is 29.2 Å². The minimum absolute atomic E-state index is 0.0353. The van der Waals surface area contributed by atoms with Gasteiger partial charge in [-0.2, -0.15) is 0 Å². The highest BCUT2D eigenvalue weighted by Crippen LogP contribution is 2.20. The number of hydrogen-bond donors (Lipinski definition) is 2. The number of aromatic carboxylic acids is 1. The minimum Gasteiger partial charge on any atom is -0.478 e. The van der Waals surface area contributed by atoms with Gasteiger partial charge in [0.1, 0.15) is 5.82 Å². The van der Waals surface area contributed by atoms with Crippen molar-refractivity contribution in [3.63, 3.8) is 0 Å². The Labute approximate surface area is 118 Å². The van der Waals surface area contributed by atoms with Crippen molar-refractivity contribution in [2.24, 2.45) is 0 Å². The van der Waals surface area contributed by atoms with Crippen LogP contribution >= 0.6 is 11.6 Å². The van der Waals surface area contributed by atoms with Crippen LogP contribution in [0, 0.1) is 5.82 Å². The van der Waals surface area contributed by atoms with Crippen LogP contribution in [0.25, 0.3) is 0 Å². The van der Waals surface area contributed by atoms with E-state index in [1.807, 2.05) is 0 Å². The molecule has 0 aliphatic heterocycles. The molecule has 0 heterocycles. The Morgan fingerprint density at radius 2 is 1.70 bits per heavy atom. The smallest absolute Gasteiger partial charge is 0.335 e. The molecule has 4 nitrogen and oxygen atoms in total. The quantitative estimate of drug-likeness (QED) is 0.911. The van der Waals surface area contributed by atoms with Gasteiger partial charge >= 0.3 is 5.97 Å². The zero-order valence-electron chi connectivity index (χ0n) is 10.1. The number of carboxylic acids is 1. The minimum atomic E-state index is -1.15. The van der Waals surface area contributed by atoms with E-state index >= 15 is 0 Å². The number of benzene rings is 2. The summed E-state index contributed by atoms with van der Waals surface area (Å²) in [5, 5.41) is 11.6. The summed E-state index contributed by atoms with van der Waals surface area (Å²) < 4.78 is 12.8. The monoisotopic (exact) mass is 293 g/mol. The van der Waals surface area contributed by atoms with Crippen LogP contribution in [-0.4, -0.2) is 17.0 Å². The molecule has 0 aromatic heterocycles. The van der Waals surface area contributed by atoms with Gasteiger partial charge in [0, 0.05) is 16.3 Å². The summed E-state index contributed by atoms with van der Waals surface area (Å²) in [5.41, 5.74) is 0.472. The van der Waals surface area contributed by atoms with Crippen LogP contribution in [0.3, 0.4) is 0 Å². The maximum atomic E-state index is 12.8. The molecule has 2 aromatic rings. The van der Waals surface area contributed by atoms with Crippen molar-refractivity contribution in [3.8, 4) is 0 Å². The number of amides is 1. The van der Waals surface area contributed by atoms with Gasteiger partial charge in [-0.1, -0.05) is 11.6 Å². The summed E-state index contributed by atoms with van der Waals surface area (Å²) in [7, 11) is 0. The Morgan fingerprint density at radius 1 is 1.05 bits per heavy atom. The standard InChI is InChI=1S/C14H9ClFNO3/c15-10-5-9(14(19)20)6-12(7-10)17-13(18)8-1-3-11(16)4-2-8/h1-7H,(H,17,18)(H,19,20). The van der Waals surface area contributed by atoms with Crippen molar-refractivity contribution in [2.45, 2.75) is 0 Å². The van der Waals surface area contributed by atoms with Crippen LogP contribution in [0.2, 0.25) is 5.02 Å². The summed E-state index contributed by atoms with van der Waals surface area (Å²) >= 11 is 5.78. The van der Waals surface area contributed by atoms with Crippen LogP contribution in [0.1, 0.15) is 20.7 Å². The molecule has 0 spiro atoms. The fourth-order valence-electron chi connectivity index (χ4n) is 1.59. The molecule has 0 aliphatic rings. The highest BCUT2D eigenvalue weighted by Gasteiger charge is 2.10. The first-order valence-electron chi connectivity index (χ1n) is 5.56. The van der Waals surface area contributed by atoms with E-state index < -0.39 is 17.7 Å². The first-order valence-corrected chi connectivity index (χ1v) is 5.94. The molecule has 2 rings (SSSR count). The maximum Gasteiger partial charge on any atom is 0.335 e. The van der Waals surface area contributed by atoms with Crippen molar-refractivity contribution in [1.82, 2.24) is 0 Å². The van der Waals surface area contributed by atoms with Crippen LogP contribution in [0.4, 0.5) is 10.1 Å². The Balaban J connectivity index is 2.23. The highest BCUT2D eigenvalue weighted by atomic mass is 35.5. The molecule has 2 N–H and O–H groups in total. The molecule has 0 aliphatic carbocycles. The molecule has 0 saturated carbocycles. The van der Waals surface area contributed by atoms with Gasteiger partial charge in [-0.05, 0) is 42.5 Å². The van der Waals surface area contributed by atoms with E-state index in [0.717, 1.165) is 12.1 Å². The molecular weight excluding hydrogens is 285 g/mol. The lowest BCUT2D eigenvalue weighted by Crippen LogP contribution is -2.12.